The van der Waals surface area contributed by atoms with Crippen molar-refractivity contribution >= 4 is 11.6 Å². The van der Waals surface area contributed by atoms with Crippen LogP contribution in [0.25, 0.3) is 0 Å². The van der Waals surface area contributed by atoms with Gasteiger partial charge in [0.1, 0.15) is 6.04 Å². The van der Waals surface area contributed by atoms with Crippen molar-refractivity contribution in [3.8, 4) is 0 Å². The van der Waals surface area contributed by atoms with E-state index in [1.807, 2.05) is 31.2 Å². The molecule has 4 rings (SSSR count). The maximum absolute atomic E-state index is 13.4. The molecule has 0 saturated carbocycles. The molecule has 1 amide bonds. The summed E-state index contributed by atoms with van der Waals surface area (Å²) in [7, 11) is 0. The number of nitrogens with one attached hydrogen (secondary N) is 1. The molecule has 0 radical (unpaired) electrons. The molecule has 0 aromatic heterocycles. The van der Waals surface area contributed by atoms with E-state index in [9.17, 15) is 4.79 Å². The minimum absolute atomic E-state index is 0.0351. The topological polar surface area (TPSA) is 45.7 Å². The standard InChI is InChI=1S/C26H28N2O/c1-18-15-16-19(2)24(17-18)28-26(29)25(21-10-4-3-5-11-21)27-23-14-8-12-20-9-6-7-13-22(20)23/h3-7,9-11,13,15-17,23,25,27H,8,12,14H2,1-2H3,(H,28,29)/p+1/t23-,25-/m1/s1. The number of carbonyl (C=O) groups excluding carboxylic acids is 1. The zero-order chi connectivity index (χ0) is 20.2. The average molecular weight is 386 g/mol. The quantitative estimate of drug-likeness (QED) is 0.661. The Labute approximate surface area is 173 Å². The summed E-state index contributed by atoms with van der Waals surface area (Å²) in [6.45, 7) is 4.09. The van der Waals surface area contributed by atoms with Gasteiger partial charge in [-0.2, -0.15) is 0 Å². The minimum Gasteiger partial charge on any atom is -0.326 e. The van der Waals surface area contributed by atoms with Crippen molar-refractivity contribution in [1.82, 2.24) is 0 Å². The van der Waals surface area contributed by atoms with Crippen molar-refractivity contribution in [3.63, 3.8) is 0 Å². The van der Waals surface area contributed by atoms with E-state index in [0.29, 0.717) is 6.04 Å². The smallest absolute Gasteiger partial charge is 0.287 e. The van der Waals surface area contributed by atoms with Gasteiger partial charge in [-0.25, -0.2) is 0 Å². The number of benzene rings is 3. The molecule has 2 atom stereocenters. The fourth-order valence-electron chi connectivity index (χ4n) is 4.31. The summed E-state index contributed by atoms with van der Waals surface area (Å²) in [5, 5.41) is 5.45. The second-order valence-electron chi connectivity index (χ2n) is 8.09. The summed E-state index contributed by atoms with van der Waals surface area (Å²) >= 11 is 0. The highest BCUT2D eigenvalue weighted by atomic mass is 16.2. The molecule has 148 valence electrons. The van der Waals surface area contributed by atoms with E-state index in [2.05, 4.69) is 66.1 Å². The lowest BCUT2D eigenvalue weighted by molar-refractivity contribution is -0.723. The van der Waals surface area contributed by atoms with E-state index < -0.39 is 0 Å². The normalized spacial score (nSPS) is 16.7. The first-order valence-electron chi connectivity index (χ1n) is 10.5. The van der Waals surface area contributed by atoms with Crippen LogP contribution in [0.15, 0.2) is 72.8 Å². The fraction of sp³-hybridized carbons (Fsp3) is 0.269. The molecule has 0 aliphatic heterocycles. The van der Waals surface area contributed by atoms with Gasteiger partial charge in [-0.05, 0) is 49.4 Å². The van der Waals surface area contributed by atoms with Gasteiger partial charge < -0.3 is 10.6 Å². The predicted molar refractivity (Wildman–Crippen MR) is 118 cm³/mol. The fourth-order valence-corrected chi connectivity index (χ4v) is 4.31. The molecule has 3 N–H and O–H groups in total. The number of fused-ring (bicyclic) bond motifs is 1. The third kappa shape index (κ3) is 4.41. The number of anilines is 1. The molecule has 3 nitrogen and oxygen atoms in total. The summed E-state index contributed by atoms with van der Waals surface area (Å²) in [5.41, 5.74) is 6.96. The van der Waals surface area contributed by atoms with Gasteiger partial charge in [-0.15, -0.1) is 0 Å². The van der Waals surface area contributed by atoms with Gasteiger partial charge in [0.05, 0.1) is 0 Å². The lowest BCUT2D eigenvalue weighted by Gasteiger charge is -2.27. The number of quaternary nitrogens is 1. The Hall–Kier alpha value is -2.91. The number of nitrogens with two attached hydrogens (primary N) is 1. The Bertz CT molecular complexity index is 997. The Kier molecular flexibility index (Phi) is 5.77. The molecule has 0 spiro atoms. The summed E-state index contributed by atoms with van der Waals surface area (Å²) in [4.78, 5) is 13.4. The van der Waals surface area contributed by atoms with Gasteiger partial charge >= 0.3 is 0 Å². The van der Waals surface area contributed by atoms with Crippen LogP contribution in [-0.4, -0.2) is 5.91 Å². The van der Waals surface area contributed by atoms with Crippen LogP contribution in [0.4, 0.5) is 5.69 Å². The molecule has 29 heavy (non-hydrogen) atoms. The van der Waals surface area contributed by atoms with Crippen molar-refractivity contribution in [2.75, 3.05) is 5.32 Å². The van der Waals surface area contributed by atoms with Gasteiger partial charge in [0, 0.05) is 23.2 Å². The molecule has 3 aromatic carbocycles. The SMILES string of the molecule is Cc1ccc(C)c(NC(=O)[C@H]([NH2+][C@@H]2CCCc3ccccc32)c2ccccc2)c1. The van der Waals surface area contributed by atoms with Crippen LogP contribution in [0, 0.1) is 13.8 Å². The number of hydrogen-bond acceptors (Lipinski definition) is 1. The molecule has 0 saturated heterocycles. The van der Waals surface area contributed by atoms with Crippen molar-refractivity contribution < 1.29 is 10.1 Å². The zero-order valence-electron chi connectivity index (χ0n) is 17.2. The van der Waals surface area contributed by atoms with E-state index in [0.717, 1.165) is 41.6 Å². The van der Waals surface area contributed by atoms with E-state index in [-0.39, 0.29) is 11.9 Å². The molecular weight excluding hydrogens is 356 g/mol. The molecule has 0 fully saturated rings. The molecule has 1 aliphatic carbocycles. The molecular formula is C26H29N2O+. The highest BCUT2D eigenvalue weighted by Crippen LogP contribution is 2.28. The van der Waals surface area contributed by atoms with Crippen LogP contribution in [0.2, 0.25) is 0 Å². The van der Waals surface area contributed by atoms with Gasteiger partial charge in [0.2, 0.25) is 0 Å². The average Bonchev–Trinajstić information content (AvgIpc) is 2.75. The first-order valence-corrected chi connectivity index (χ1v) is 10.5. The second kappa shape index (κ2) is 8.62. The molecule has 0 bridgehead atoms. The predicted octanol–water partition coefficient (Wildman–Crippen LogP) is 4.62. The van der Waals surface area contributed by atoms with Crippen molar-refractivity contribution in [3.05, 3.63) is 101 Å². The number of amides is 1. The number of carbonyl (C=O) groups is 1. The van der Waals surface area contributed by atoms with Crippen LogP contribution < -0.4 is 10.6 Å². The highest BCUT2D eigenvalue weighted by molar-refractivity contribution is 5.95. The van der Waals surface area contributed by atoms with E-state index in [1.165, 1.54) is 11.1 Å². The lowest BCUT2D eigenvalue weighted by Crippen LogP contribution is -2.88. The van der Waals surface area contributed by atoms with Crippen molar-refractivity contribution in [1.29, 1.82) is 0 Å². The van der Waals surface area contributed by atoms with E-state index >= 15 is 0 Å². The maximum Gasteiger partial charge on any atom is 0.287 e. The monoisotopic (exact) mass is 385 g/mol. The van der Waals surface area contributed by atoms with Crippen LogP contribution in [0.1, 0.15) is 52.7 Å². The third-order valence-electron chi connectivity index (χ3n) is 5.93. The van der Waals surface area contributed by atoms with Crippen LogP contribution in [0.5, 0.6) is 0 Å². The summed E-state index contributed by atoms with van der Waals surface area (Å²) in [6.07, 6.45) is 3.39. The minimum atomic E-state index is -0.285. The molecule has 0 heterocycles. The van der Waals surface area contributed by atoms with Crippen molar-refractivity contribution in [2.24, 2.45) is 0 Å². The third-order valence-corrected chi connectivity index (χ3v) is 5.93. The number of aryl methyl sites for hydroxylation is 3. The Morgan fingerprint density at radius 2 is 1.76 bits per heavy atom. The maximum atomic E-state index is 13.4. The Morgan fingerprint density at radius 3 is 2.59 bits per heavy atom. The van der Waals surface area contributed by atoms with E-state index in [4.69, 9.17) is 0 Å². The van der Waals surface area contributed by atoms with Gasteiger partial charge in [0.15, 0.2) is 6.04 Å². The van der Waals surface area contributed by atoms with E-state index in [1.54, 1.807) is 0 Å². The first kappa shape index (κ1) is 19.4. The molecule has 0 unspecified atom stereocenters. The highest BCUT2D eigenvalue weighted by Gasteiger charge is 2.31. The van der Waals surface area contributed by atoms with Gasteiger partial charge in [0.25, 0.3) is 5.91 Å². The summed E-state index contributed by atoms with van der Waals surface area (Å²) < 4.78 is 0. The second-order valence-corrected chi connectivity index (χ2v) is 8.09. The first-order chi connectivity index (χ1) is 14.1. The van der Waals surface area contributed by atoms with Gasteiger partial charge in [-0.1, -0.05) is 66.7 Å². The van der Waals surface area contributed by atoms with Crippen LogP contribution in [0.3, 0.4) is 0 Å². The largest absolute Gasteiger partial charge is 0.326 e. The van der Waals surface area contributed by atoms with Crippen LogP contribution in [-0.2, 0) is 11.2 Å². The lowest BCUT2D eigenvalue weighted by atomic mass is 9.87. The Balaban J connectivity index is 1.63. The molecule has 1 aliphatic rings. The summed E-state index contributed by atoms with van der Waals surface area (Å²) in [6, 6.07) is 25.0. The Morgan fingerprint density at radius 1 is 1.00 bits per heavy atom. The van der Waals surface area contributed by atoms with Gasteiger partial charge in [-0.3, -0.25) is 4.79 Å². The molecule has 3 aromatic rings. The zero-order valence-corrected chi connectivity index (χ0v) is 17.2. The number of hydrogen-bond donors (Lipinski definition) is 2. The van der Waals surface area contributed by atoms with Crippen LogP contribution >= 0.6 is 0 Å². The van der Waals surface area contributed by atoms with Crippen molar-refractivity contribution in [2.45, 2.75) is 45.2 Å². The summed E-state index contributed by atoms with van der Waals surface area (Å²) in [5.74, 6) is 0.0351. The number of rotatable bonds is 5. The molecule has 3 heteroatoms.